The summed E-state index contributed by atoms with van der Waals surface area (Å²) < 4.78 is 5.31. The quantitative estimate of drug-likeness (QED) is 0.707. The minimum atomic E-state index is -0.795. The van der Waals surface area contributed by atoms with Gasteiger partial charge in [-0.15, -0.1) is 0 Å². The maximum absolute atomic E-state index is 12.8. The standard InChI is InChI=1S/C25H26N2O6/c1-25(2,3)32-24(31)26-14-17-8-6-7-15-11-12-16(13-20(15)17)23(30)33-27-21(28)18-9-4-5-10-19(18)22(27)29/h4-5,9-13,17H,6-8,14H2,1-3H3,(H,26,31). The number of rotatable bonds is 4. The number of amides is 3. The Hall–Kier alpha value is -3.68. The molecule has 2 aliphatic rings. The average molecular weight is 450 g/mol. The van der Waals surface area contributed by atoms with E-state index in [0.717, 1.165) is 30.4 Å². The fourth-order valence-corrected chi connectivity index (χ4v) is 4.14. The number of hydrogen-bond donors (Lipinski definition) is 1. The molecule has 0 spiro atoms. The van der Waals surface area contributed by atoms with Crippen molar-refractivity contribution in [2.75, 3.05) is 6.54 Å². The average Bonchev–Trinajstić information content (AvgIpc) is 3.01. The molecular weight excluding hydrogens is 424 g/mol. The van der Waals surface area contributed by atoms with Crippen molar-refractivity contribution < 1.29 is 28.8 Å². The lowest BCUT2D eigenvalue weighted by Crippen LogP contribution is -2.35. The highest BCUT2D eigenvalue weighted by molar-refractivity contribution is 6.21. The maximum Gasteiger partial charge on any atom is 0.407 e. The Bertz CT molecular complexity index is 1100. The highest BCUT2D eigenvalue weighted by atomic mass is 16.7. The number of benzene rings is 2. The molecule has 3 amide bonds. The van der Waals surface area contributed by atoms with Crippen LogP contribution in [-0.4, -0.2) is 41.1 Å². The Morgan fingerprint density at radius 3 is 2.36 bits per heavy atom. The van der Waals surface area contributed by atoms with Crippen molar-refractivity contribution in [3.05, 3.63) is 70.3 Å². The van der Waals surface area contributed by atoms with E-state index in [4.69, 9.17) is 9.57 Å². The highest BCUT2D eigenvalue weighted by Crippen LogP contribution is 2.32. The molecule has 0 saturated heterocycles. The van der Waals surface area contributed by atoms with Gasteiger partial charge in [0.25, 0.3) is 11.8 Å². The Labute approximate surface area is 191 Å². The minimum Gasteiger partial charge on any atom is -0.444 e. The first-order valence-electron chi connectivity index (χ1n) is 10.9. The molecule has 2 aromatic rings. The molecule has 4 rings (SSSR count). The number of carbonyl (C=O) groups excluding carboxylic acids is 4. The number of nitrogens with one attached hydrogen (secondary N) is 1. The third-order valence-corrected chi connectivity index (χ3v) is 5.64. The van der Waals surface area contributed by atoms with Gasteiger partial charge >= 0.3 is 12.1 Å². The van der Waals surface area contributed by atoms with Crippen LogP contribution in [0.25, 0.3) is 0 Å². The van der Waals surface area contributed by atoms with E-state index in [1.807, 2.05) is 6.07 Å². The lowest BCUT2D eigenvalue weighted by molar-refractivity contribution is -0.0584. The molecule has 1 aliphatic carbocycles. The molecule has 1 aliphatic heterocycles. The Morgan fingerprint density at radius 1 is 1.06 bits per heavy atom. The third-order valence-electron chi connectivity index (χ3n) is 5.64. The van der Waals surface area contributed by atoms with Gasteiger partial charge in [0, 0.05) is 12.5 Å². The van der Waals surface area contributed by atoms with Gasteiger partial charge in [0.05, 0.1) is 16.7 Å². The smallest absolute Gasteiger partial charge is 0.407 e. The lowest BCUT2D eigenvalue weighted by atomic mass is 9.82. The summed E-state index contributed by atoms with van der Waals surface area (Å²) >= 11 is 0. The van der Waals surface area contributed by atoms with Gasteiger partial charge in [-0.1, -0.05) is 23.3 Å². The second-order valence-electron chi connectivity index (χ2n) is 9.21. The first kappa shape index (κ1) is 22.5. The summed E-state index contributed by atoms with van der Waals surface area (Å²) in [5.41, 5.74) is 2.08. The van der Waals surface area contributed by atoms with Gasteiger partial charge in [0.1, 0.15) is 5.60 Å². The number of fused-ring (bicyclic) bond motifs is 2. The molecule has 1 atom stereocenters. The fourth-order valence-electron chi connectivity index (χ4n) is 4.14. The van der Waals surface area contributed by atoms with Gasteiger partial charge in [-0.2, -0.15) is 0 Å². The monoisotopic (exact) mass is 450 g/mol. The predicted octanol–water partition coefficient (Wildman–Crippen LogP) is 4.00. The molecule has 8 heteroatoms. The minimum absolute atomic E-state index is 0.00771. The zero-order valence-corrected chi connectivity index (χ0v) is 18.8. The van der Waals surface area contributed by atoms with Crippen LogP contribution >= 0.6 is 0 Å². The van der Waals surface area contributed by atoms with Gasteiger partial charge in [-0.25, -0.2) is 9.59 Å². The zero-order valence-electron chi connectivity index (χ0n) is 18.8. The van der Waals surface area contributed by atoms with E-state index in [-0.39, 0.29) is 22.6 Å². The van der Waals surface area contributed by atoms with Crippen molar-refractivity contribution in [1.29, 1.82) is 0 Å². The number of hydrogen-bond acceptors (Lipinski definition) is 6. The van der Waals surface area contributed by atoms with E-state index in [0.29, 0.717) is 11.6 Å². The molecule has 1 N–H and O–H groups in total. The van der Waals surface area contributed by atoms with Crippen LogP contribution in [0.1, 0.15) is 81.7 Å². The fraction of sp³-hybridized carbons (Fsp3) is 0.360. The number of nitrogens with zero attached hydrogens (tertiary/aromatic N) is 1. The van der Waals surface area contributed by atoms with Crippen molar-refractivity contribution in [3.63, 3.8) is 0 Å². The van der Waals surface area contributed by atoms with Crippen LogP contribution in [-0.2, 0) is 16.0 Å². The van der Waals surface area contributed by atoms with Gasteiger partial charge in [0.2, 0.25) is 0 Å². The van der Waals surface area contributed by atoms with E-state index in [2.05, 4.69) is 5.32 Å². The van der Waals surface area contributed by atoms with Crippen LogP contribution in [0.15, 0.2) is 42.5 Å². The van der Waals surface area contributed by atoms with Crippen LogP contribution in [0.4, 0.5) is 4.79 Å². The van der Waals surface area contributed by atoms with Crippen molar-refractivity contribution in [3.8, 4) is 0 Å². The third kappa shape index (κ3) is 4.74. The van der Waals surface area contributed by atoms with Gasteiger partial charge < -0.3 is 14.9 Å². The van der Waals surface area contributed by atoms with Crippen molar-refractivity contribution >= 4 is 23.9 Å². The molecule has 1 unspecified atom stereocenters. The van der Waals surface area contributed by atoms with E-state index in [1.54, 1.807) is 45.0 Å². The van der Waals surface area contributed by atoms with E-state index in [9.17, 15) is 19.2 Å². The topological polar surface area (TPSA) is 102 Å². The van der Waals surface area contributed by atoms with Crippen LogP contribution in [0, 0.1) is 0 Å². The molecule has 8 nitrogen and oxygen atoms in total. The Kier molecular flexibility index (Phi) is 5.93. The van der Waals surface area contributed by atoms with Gasteiger partial charge in [0.15, 0.2) is 0 Å². The summed E-state index contributed by atoms with van der Waals surface area (Å²) in [4.78, 5) is 55.0. The largest absolute Gasteiger partial charge is 0.444 e. The molecule has 0 saturated carbocycles. The Morgan fingerprint density at radius 2 is 1.73 bits per heavy atom. The van der Waals surface area contributed by atoms with Crippen LogP contribution < -0.4 is 5.32 Å². The van der Waals surface area contributed by atoms with Gasteiger partial charge in [-0.05, 0) is 75.4 Å². The summed E-state index contributed by atoms with van der Waals surface area (Å²) in [5.74, 6) is -2.12. The predicted molar refractivity (Wildman–Crippen MR) is 119 cm³/mol. The highest BCUT2D eigenvalue weighted by Gasteiger charge is 2.39. The molecule has 0 aromatic heterocycles. The van der Waals surface area contributed by atoms with E-state index >= 15 is 0 Å². The number of imide groups is 1. The summed E-state index contributed by atoms with van der Waals surface area (Å²) in [7, 11) is 0. The first-order valence-corrected chi connectivity index (χ1v) is 10.9. The molecular formula is C25H26N2O6. The van der Waals surface area contributed by atoms with E-state index < -0.39 is 29.5 Å². The second kappa shape index (κ2) is 8.69. The molecule has 172 valence electrons. The molecule has 0 fully saturated rings. The maximum atomic E-state index is 12.8. The molecule has 0 bridgehead atoms. The molecule has 1 heterocycles. The van der Waals surface area contributed by atoms with Crippen LogP contribution in [0.2, 0.25) is 0 Å². The molecule has 33 heavy (non-hydrogen) atoms. The summed E-state index contributed by atoms with van der Waals surface area (Å²) in [5, 5.41) is 3.31. The lowest BCUT2D eigenvalue weighted by Gasteiger charge is -2.27. The zero-order chi connectivity index (χ0) is 23.8. The summed E-state index contributed by atoms with van der Waals surface area (Å²) in [6.07, 6.45) is 2.19. The van der Waals surface area contributed by atoms with Crippen molar-refractivity contribution in [2.45, 2.75) is 51.6 Å². The summed E-state index contributed by atoms with van der Waals surface area (Å²) in [6.45, 7) is 5.77. The molecule has 0 radical (unpaired) electrons. The summed E-state index contributed by atoms with van der Waals surface area (Å²) in [6, 6.07) is 11.5. The van der Waals surface area contributed by atoms with Crippen LogP contribution in [0.3, 0.4) is 0 Å². The van der Waals surface area contributed by atoms with E-state index in [1.165, 1.54) is 12.1 Å². The normalized spacial score (nSPS) is 17.3. The number of alkyl carbamates (subject to hydrolysis) is 1. The van der Waals surface area contributed by atoms with Crippen molar-refractivity contribution in [1.82, 2.24) is 10.4 Å². The van der Waals surface area contributed by atoms with Crippen molar-refractivity contribution in [2.24, 2.45) is 0 Å². The SMILES string of the molecule is CC(C)(C)OC(=O)NCC1CCCc2ccc(C(=O)ON3C(=O)c4ccccc4C3=O)cc21. The van der Waals surface area contributed by atoms with Gasteiger partial charge in [-0.3, -0.25) is 9.59 Å². The number of ether oxygens (including phenoxy) is 1. The molecule has 2 aromatic carbocycles. The number of carbonyl (C=O) groups is 4. The first-order chi connectivity index (χ1) is 15.6. The second-order valence-corrected chi connectivity index (χ2v) is 9.21. The Balaban J connectivity index is 1.47. The number of aryl methyl sites for hydroxylation is 1. The van der Waals surface area contributed by atoms with Crippen LogP contribution in [0.5, 0.6) is 0 Å². The number of hydroxylamine groups is 2.